The average Bonchev–Trinajstić information content (AvgIpc) is 3.64. The molecule has 3 nitrogen and oxygen atoms in total. The molecule has 44 heavy (non-hydrogen) atoms. The fourth-order valence-electron chi connectivity index (χ4n) is 6.66. The molecular formula is C40H27N3S. The highest BCUT2D eigenvalue weighted by Crippen LogP contribution is 2.42. The highest BCUT2D eigenvalue weighted by molar-refractivity contribution is 7.20. The van der Waals surface area contributed by atoms with Gasteiger partial charge in [-0.3, -0.25) is 4.57 Å². The summed E-state index contributed by atoms with van der Waals surface area (Å²) in [7, 11) is 0. The number of rotatable bonds is 4. The van der Waals surface area contributed by atoms with Crippen molar-refractivity contribution in [3.05, 3.63) is 144 Å². The lowest BCUT2D eigenvalue weighted by molar-refractivity contribution is 0.992. The van der Waals surface area contributed by atoms with Crippen LogP contribution >= 0.6 is 11.3 Å². The van der Waals surface area contributed by atoms with E-state index in [2.05, 4.69) is 126 Å². The molecule has 208 valence electrons. The third kappa shape index (κ3) is 4.03. The van der Waals surface area contributed by atoms with E-state index in [0.29, 0.717) is 5.95 Å². The molecule has 0 fully saturated rings. The highest BCUT2D eigenvalue weighted by atomic mass is 32.1. The van der Waals surface area contributed by atoms with Gasteiger partial charge in [0.1, 0.15) is 0 Å². The van der Waals surface area contributed by atoms with E-state index in [1.54, 1.807) is 0 Å². The molecule has 0 spiro atoms. The first-order chi connectivity index (χ1) is 21.8. The van der Waals surface area contributed by atoms with Crippen molar-refractivity contribution in [3.63, 3.8) is 0 Å². The van der Waals surface area contributed by atoms with Crippen LogP contribution in [0.25, 0.3) is 77.4 Å². The minimum atomic E-state index is 0.674. The Morgan fingerprint density at radius 2 is 1.36 bits per heavy atom. The molecule has 0 aliphatic heterocycles. The number of thiophene rings is 1. The lowest BCUT2D eigenvalue weighted by atomic mass is 9.97. The molecule has 0 N–H and O–H groups in total. The summed E-state index contributed by atoms with van der Waals surface area (Å²) in [6.45, 7) is 0. The Hall–Kier alpha value is -5.32. The third-order valence-corrected chi connectivity index (χ3v) is 10.0. The maximum atomic E-state index is 5.09. The van der Waals surface area contributed by atoms with Gasteiger partial charge in [0, 0.05) is 32.1 Å². The maximum absolute atomic E-state index is 5.09. The van der Waals surface area contributed by atoms with Crippen LogP contribution in [0.3, 0.4) is 0 Å². The molecule has 0 radical (unpaired) electrons. The fraction of sp³-hybridized carbons (Fsp3) is 0.0500. The molecule has 3 heterocycles. The van der Waals surface area contributed by atoms with Crippen molar-refractivity contribution in [2.75, 3.05) is 0 Å². The standard InChI is InChI=1S/C40H27N3S/c1-2-9-26(10-3-1)27-17-19-28(20-18-27)35-23-24-41-40(42-35)43-36-15-6-4-11-31(36)34-25-29(21-22-37(34)43)30-13-8-14-33-32-12-5-7-16-38(32)44-39(30)33/h1-4,6-11,13-25H,5,12H2. The molecule has 8 aromatic rings. The number of hydrogen-bond donors (Lipinski definition) is 0. The molecule has 1 aliphatic rings. The van der Waals surface area contributed by atoms with Gasteiger partial charge in [0.25, 0.3) is 0 Å². The van der Waals surface area contributed by atoms with Crippen LogP contribution in [0.4, 0.5) is 0 Å². The predicted octanol–water partition coefficient (Wildman–Crippen LogP) is 10.7. The SMILES string of the molecule is C1=Cc2sc3c(-c4ccc5c(c4)c4ccccc4n5-c4nccc(-c5ccc(-c6ccccc6)cc5)n4)cccc3c2CC1. The summed E-state index contributed by atoms with van der Waals surface area (Å²) in [6, 6.07) is 43.3. The van der Waals surface area contributed by atoms with Crippen LogP contribution < -0.4 is 0 Å². The Kier molecular flexibility index (Phi) is 5.81. The van der Waals surface area contributed by atoms with E-state index in [-0.39, 0.29) is 0 Å². The van der Waals surface area contributed by atoms with Crippen molar-refractivity contribution in [3.8, 4) is 39.5 Å². The van der Waals surface area contributed by atoms with Gasteiger partial charge in [0.15, 0.2) is 0 Å². The predicted molar refractivity (Wildman–Crippen MR) is 185 cm³/mol. The van der Waals surface area contributed by atoms with Gasteiger partial charge in [-0.25, -0.2) is 9.97 Å². The van der Waals surface area contributed by atoms with Gasteiger partial charge in [-0.1, -0.05) is 103 Å². The lowest BCUT2D eigenvalue weighted by Crippen LogP contribution is -2.01. The van der Waals surface area contributed by atoms with Gasteiger partial charge in [-0.2, -0.15) is 0 Å². The van der Waals surface area contributed by atoms with Crippen molar-refractivity contribution < 1.29 is 0 Å². The Morgan fingerprint density at radius 3 is 2.27 bits per heavy atom. The van der Waals surface area contributed by atoms with E-state index in [4.69, 9.17) is 9.97 Å². The third-order valence-electron chi connectivity index (χ3n) is 8.79. The largest absolute Gasteiger partial charge is 0.278 e. The van der Waals surface area contributed by atoms with Gasteiger partial charge in [0.05, 0.1) is 16.7 Å². The number of aryl methyl sites for hydroxylation is 1. The van der Waals surface area contributed by atoms with Crippen LogP contribution in [0, 0.1) is 0 Å². The van der Waals surface area contributed by atoms with Crippen LogP contribution in [-0.4, -0.2) is 14.5 Å². The lowest BCUT2D eigenvalue weighted by Gasteiger charge is -2.09. The minimum Gasteiger partial charge on any atom is -0.278 e. The first kappa shape index (κ1) is 25.2. The summed E-state index contributed by atoms with van der Waals surface area (Å²) >= 11 is 1.92. The molecule has 0 atom stereocenters. The molecule has 1 aliphatic carbocycles. The quantitative estimate of drug-likeness (QED) is 0.207. The van der Waals surface area contributed by atoms with Crippen molar-refractivity contribution in [2.45, 2.75) is 12.8 Å². The number of aromatic nitrogens is 3. The normalized spacial score (nSPS) is 12.7. The van der Waals surface area contributed by atoms with Gasteiger partial charge in [-0.15, -0.1) is 11.3 Å². The number of hydrogen-bond acceptors (Lipinski definition) is 3. The summed E-state index contributed by atoms with van der Waals surface area (Å²) in [4.78, 5) is 11.3. The van der Waals surface area contributed by atoms with E-state index in [1.807, 2.05) is 29.7 Å². The summed E-state index contributed by atoms with van der Waals surface area (Å²) in [5.74, 6) is 0.674. The van der Waals surface area contributed by atoms with Gasteiger partial charge in [-0.05, 0) is 76.4 Å². The Bertz CT molecular complexity index is 2380. The van der Waals surface area contributed by atoms with Crippen LogP contribution in [-0.2, 0) is 6.42 Å². The van der Waals surface area contributed by atoms with Gasteiger partial charge >= 0.3 is 0 Å². The van der Waals surface area contributed by atoms with E-state index >= 15 is 0 Å². The number of allylic oxidation sites excluding steroid dienone is 1. The van der Waals surface area contributed by atoms with Crippen LogP contribution in [0.2, 0.25) is 0 Å². The molecule has 9 rings (SSSR count). The molecule has 5 aromatic carbocycles. The van der Waals surface area contributed by atoms with Crippen molar-refractivity contribution >= 4 is 49.3 Å². The monoisotopic (exact) mass is 581 g/mol. The van der Waals surface area contributed by atoms with Crippen molar-refractivity contribution in [1.29, 1.82) is 0 Å². The zero-order valence-electron chi connectivity index (χ0n) is 23.9. The summed E-state index contributed by atoms with van der Waals surface area (Å²) in [5, 5.41) is 3.81. The smallest absolute Gasteiger partial charge is 0.235 e. The first-order valence-electron chi connectivity index (χ1n) is 15.1. The Labute approximate surface area is 259 Å². The second kappa shape index (κ2) is 10.1. The second-order valence-electron chi connectivity index (χ2n) is 11.3. The number of fused-ring (bicyclic) bond motifs is 6. The van der Waals surface area contributed by atoms with Crippen LogP contribution in [0.15, 0.2) is 134 Å². The Balaban J connectivity index is 1.17. The van der Waals surface area contributed by atoms with Crippen LogP contribution in [0.1, 0.15) is 16.9 Å². The number of para-hydroxylation sites is 1. The molecular weight excluding hydrogens is 555 g/mol. The maximum Gasteiger partial charge on any atom is 0.235 e. The minimum absolute atomic E-state index is 0.674. The van der Waals surface area contributed by atoms with Gasteiger partial charge in [0.2, 0.25) is 5.95 Å². The fourth-order valence-corrected chi connectivity index (χ4v) is 7.98. The van der Waals surface area contributed by atoms with E-state index in [1.165, 1.54) is 53.6 Å². The molecule has 0 bridgehead atoms. The summed E-state index contributed by atoms with van der Waals surface area (Å²) in [6.07, 6.45) is 8.71. The van der Waals surface area contributed by atoms with E-state index < -0.39 is 0 Å². The second-order valence-corrected chi connectivity index (χ2v) is 12.4. The van der Waals surface area contributed by atoms with Crippen molar-refractivity contribution in [2.24, 2.45) is 0 Å². The summed E-state index contributed by atoms with van der Waals surface area (Å²) in [5.41, 5.74) is 10.6. The molecule has 0 saturated heterocycles. The van der Waals surface area contributed by atoms with E-state index in [0.717, 1.165) is 35.1 Å². The molecule has 4 heteroatoms. The topological polar surface area (TPSA) is 30.7 Å². The average molecular weight is 582 g/mol. The number of nitrogens with zero attached hydrogens (tertiary/aromatic N) is 3. The highest BCUT2D eigenvalue weighted by Gasteiger charge is 2.18. The zero-order valence-corrected chi connectivity index (χ0v) is 24.8. The number of benzene rings is 5. The zero-order chi connectivity index (χ0) is 29.0. The molecule has 0 saturated carbocycles. The van der Waals surface area contributed by atoms with Gasteiger partial charge < -0.3 is 0 Å². The Morgan fingerprint density at radius 1 is 0.614 bits per heavy atom. The van der Waals surface area contributed by atoms with Crippen LogP contribution in [0.5, 0.6) is 0 Å². The first-order valence-corrected chi connectivity index (χ1v) is 15.9. The molecule has 0 amide bonds. The summed E-state index contributed by atoms with van der Waals surface area (Å²) < 4.78 is 3.58. The van der Waals surface area contributed by atoms with Crippen molar-refractivity contribution in [1.82, 2.24) is 14.5 Å². The molecule has 3 aromatic heterocycles. The molecule has 0 unspecified atom stereocenters. The van der Waals surface area contributed by atoms with E-state index in [9.17, 15) is 0 Å².